The number of para-hydroxylation sites is 4. The van der Waals surface area contributed by atoms with Gasteiger partial charge in [0, 0.05) is 20.2 Å². The Morgan fingerprint density at radius 2 is 1.17 bits per heavy atom. The third kappa shape index (κ3) is 9.58. The number of hydrogen-bond donors (Lipinski definition) is 7. The van der Waals surface area contributed by atoms with Crippen LogP contribution < -0.4 is 26.6 Å². The number of aryl methyl sites for hydroxylation is 1. The highest BCUT2D eigenvalue weighted by molar-refractivity contribution is 9.11. The van der Waals surface area contributed by atoms with E-state index in [1.165, 1.54) is 6.07 Å². The molecule has 5 aromatic rings. The van der Waals surface area contributed by atoms with Gasteiger partial charge in [0.2, 0.25) is 0 Å². The van der Waals surface area contributed by atoms with E-state index in [2.05, 4.69) is 58.4 Å². The van der Waals surface area contributed by atoms with E-state index in [0.717, 1.165) is 8.95 Å². The molecule has 0 aliphatic rings. The average molecular weight is 772 g/mol. The summed E-state index contributed by atoms with van der Waals surface area (Å²) in [6, 6.07) is 31.5. The minimum atomic E-state index is -0.509. The van der Waals surface area contributed by atoms with E-state index in [4.69, 9.17) is 5.26 Å². The van der Waals surface area contributed by atoms with Gasteiger partial charge in [-0.25, -0.2) is 9.59 Å². The minimum Gasteiger partial charge on any atom is -0.506 e. The lowest BCUT2D eigenvalue weighted by Crippen LogP contribution is -2.20. The van der Waals surface area contributed by atoms with E-state index in [1.807, 2.05) is 30.3 Å². The van der Waals surface area contributed by atoms with Crippen LogP contribution in [0.25, 0.3) is 0 Å². The molecule has 11 nitrogen and oxygen atoms in total. The summed E-state index contributed by atoms with van der Waals surface area (Å²) in [4.78, 5) is 36.5. The smallest absolute Gasteiger partial charge is 0.323 e. The molecular weight excluding hydrogens is 744 g/mol. The first-order chi connectivity index (χ1) is 23.0. The van der Waals surface area contributed by atoms with Crippen LogP contribution in [0, 0.1) is 18.3 Å². The molecule has 0 aliphatic heterocycles. The zero-order chi connectivity index (χ0) is 34.6. The summed E-state index contributed by atoms with van der Waals surface area (Å²) in [6.45, 7) is 1.71. The van der Waals surface area contributed by atoms with E-state index < -0.39 is 18.0 Å². The molecular formula is C35H28Br2N6O5. The number of amides is 5. The fraction of sp³-hybridized carbons (Fsp3) is 0.0286. The first kappa shape index (κ1) is 35.0. The highest BCUT2D eigenvalue weighted by atomic mass is 79.9. The largest absolute Gasteiger partial charge is 0.506 e. The summed E-state index contributed by atoms with van der Waals surface area (Å²) in [7, 11) is 0. The van der Waals surface area contributed by atoms with Crippen LogP contribution in [0.3, 0.4) is 0 Å². The zero-order valence-electron chi connectivity index (χ0n) is 25.2. The molecule has 5 amide bonds. The van der Waals surface area contributed by atoms with Crippen LogP contribution in [0.1, 0.15) is 21.5 Å². The molecule has 0 heterocycles. The third-order valence-corrected chi connectivity index (χ3v) is 7.91. The number of hydrogen-bond acceptors (Lipinski definition) is 6. The summed E-state index contributed by atoms with van der Waals surface area (Å²) >= 11 is 6.68. The molecule has 5 aromatic carbocycles. The number of nitrogens with one attached hydrogen (secondary N) is 5. The Kier molecular flexibility index (Phi) is 12.1. The number of benzene rings is 5. The molecule has 0 aliphatic carbocycles. The van der Waals surface area contributed by atoms with Crippen molar-refractivity contribution in [1.82, 2.24) is 0 Å². The SMILES string of the molecule is Cc1ccc(NC(=O)Nc2ccccc2Br)c(O)c1C#N.O=C(Nc1cccc(C(=O)Nc2ccccc2O)c1)Nc1ccccc1Br. The summed E-state index contributed by atoms with van der Waals surface area (Å²) < 4.78 is 1.50. The standard InChI is InChI=1S/C20H16BrN3O3.C15H12BrN3O2/c21-15-8-1-2-9-16(15)24-20(27)22-14-7-5-6-13(12-14)19(26)23-17-10-3-4-11-18(17)25;1-9-6-7-13(14(20)10(9)8-17)19-15(21)18-12-5-3-2-4-11(12)16/h1-12,25H,(H,23,26)(H2,22,24,27);2-7,20H,1H3,(H2,18,19,21). The van der Waals surface area contributed by atoms with Gasteiger partial charge in [0.25, 0.3) is 5.91 Å². The molecule has 0 spiro atoms. The summed E-state index contributed by atoms with van der Waals surface area (Å²) in [6.07, 6.45) is 0. The Balaban J connectivity index is 0.000000224. The zero-order valence-corrected chi connectivity index (χ0v) is 28.4. The van der Waals surface area contributed by atoms with Crippen molar-refractivity contribution in [1.29, 1.82) is 5.26 Å². The van der Waals surface area contributed by atoms with E-state index in [9.17, 15) is 24.6 Å². The van der Waals surface area contributed by atoms with Crippen LogP contribution in [-0.2, 0) is 0 Å². The second kappa shape index (κ2) is 16.6. The normalized spacial score (nSPS) is 9.96. The van der Waals surface area contributed by atoms with Crippen molar-refractivity contribution in [2.75, 3.05) is 26.6 Å². The van der Waals surface area contributed by atoms with Gasteiger partial charge >= 0.3 is 12.1 Å². The first-order valence-corrected chi connectivity index (χ1v) is 15.7. The Morgan fingerprint density at radius 3 is 1.75 bits per heavy atom. The van der Waals surface area contributed by atoms with Gasteiger partial charge in [0.05, 0.1) is 28.3 Å². The van der Waals surface area contributed by atoms with Gasteiger partial charge in [0.1, 0.15) is 11.8 Å². The maximum atomic E-state index is 12.4. The van der Waals surface area contributed by atoms with Gasteiger partial charge in [-0.3, -0.25) is 4.79 Å². The Hall–Kier alpha value is -5.84. The molecule has 48 heavy (non-hydrogen) atoms. The Morgan fingerprint density at radius 1 is 0.625 bits per heavy atom. The van der Waals surface area contributed by atoms with Crippen molar-refractivity contribution in [3.8, 4) is 17.6 Å². The number of nitriles is 1. The lowest BCUT2D eigenvalue weighted by Gasteiger charge is -2.11. The highest BCUT2D eigenvalue weighted by Gasteiger charge is 2.14. The van der Waals surface area contributed by atoms with E-state index in [-0.39, 0.29) is 22.7 Å². The molecule has 13 heteroatoms. The third-order valence-electron chi connectivity index (χ3n) is 6.53. The fourth-order valence-corrected chi connectivity index (χ4v) is 4.90. The molecule has 242 valence electrons. The number of halogens is 2. The molecule has 0 aromatic heterocycles. The van der Waals surface area contributed by atoms with Crippen molar-refractivity contribution in [3.63, 3.8) is 0 Å². The second-order valence-electron chi connectivity index (χ2n) is 9.94. The van der Waals surface area contributed by atoms with Gasteiger partial charge in [0.15, 0.2) is 5.75 Å². The van der Waals surface area contributed by atoms with E-state index >= 15 is 0 Å². The monoisotopic (exact) mass is 770 g/mol. The van der Waals surface area contributed by atoms with Gasteiger partial charge in [-0.2, -0.15) is 5.26 Å². The van der Waals surface area contributed by atoms with Crippen LogP contribution in [-0.4, -0.2) is 28.2 Å². The predicted octanol–water partition coefficient (Wildman–Crippen LogP) is 9.03. The number of anilines is 5. The number of aromatic hydroxyl groups is 2. The fourth-order valence-electron chi connectivity index (χ4n) is 4.13. The second-order valence-corrected chi connectivity index (χ2v) is 11.6. The van der Waals surface area contributed by atoms with Crippen molar-refractivity contribution >= 4 is 78.3 Å². The molecule has 0 unspecified atom stereocenters. The van der Waals surface area contributed by atoms with Crippen LogP contribution >= 0.6 is 31.9 Å². The first-order valence-electron chi connectivity index (χ1n) is 14.1. The minimum absolute atomic E-state index is 0.0204. The highest BCUT2D eigenvalue weighted by Crippen LogP contribution is 2.30. The van der Waals surface area contributed by atoms with Gasteiger partial charge in [-0.15, -0.1) is 0 Å². The summed E-state index contributed by atoms with van der Waals surface area (Å²) in [5.41, 5.74) is 3.32. The maximum absolute atomic E-state index is 12.4. The van der Waals surface area contributed by atoms with E-state index in [0.29, 0.717) is 33.9 Å². The Bertz CT molecular complexity index is 2010. The number of carbonyl (C=O) groups excluding carboxylic acids is 3. The number of urea groups is 2. The number of nitrogens with zero attached hydrogens (tertiary/aromatic N) is 1. The van der Waals surface area contributed by atoms with Crippen LogP contribution in [0.2, 0.25) is 0 Å². The molecule has 0 bridgehead atoms. The van der Waals surface area contributed by atoms with Gasteiger partial charge < -0.3 is 36.8 Å². The van der Waals surface area contributed by atoms with Crippen molar-refractivity contribution in [3.05, 3.63) is 135 Å². The maximum Gasteiger partial charge on any atom is 0.323 e. The van der Waals surface area contributed by atoms with Crippen molar-refractivity contribution in [2.45, 2.75) is 6.92 Å². The molecule has 0 saturated carbocycles. The number of phenols is 2. The van der Waals surface area contributed by atoms with Crippen LogP contribution in [0.5, 0.6) is 11.5 Å². The lowest BCUT2D eigenvalue weighted by atomic mass is 10.1. The number of carbonyl (C=O) groups is 3. The Labute approximate surface area is 292 Å². The molecule has 5 rings (SSSR count). The molecule has 0 saturated heterocycles. The average Bonchev–Trinajstić information content (AvgIpc) is 3.06. The topological polar surface area (TPSA) is 176 Å². The summed E-state index contributed by atoms with van der Waals surface area (Å²) in [5, 5.41) is 41.9. The number of phenolic OH excluding ortho intramolecular Hbond substituents is 2. The van der Waals surface area contributed by atoms with Gasteiger partial charge in [-0.1, -0.05) is 48.5 Å². The predicted molar refractivity (Wildman–Crippen MR) is 194 cm³/mol. The van der Waals surface area contributed by atoms with Crippen LogP contribution in [0.15, 0.2) is 118 Å². The van der Waals surface area contributed by atoms with Crippen LogP contribution in [0.4, 0.5) is 38.0 Å². The van der Waals surface area contributed by atoms with Crippen molar-refractivity contribution in [2.24, 2.45) is 0 Å². The molecule has 0 atom stereocenters. The quantitative estimate of drug-likeness (QED) is 0.0848. The van der Waals surface area contributed by atoms with E-state index in [1.54, 1.807) is 85.8 Å². The number of rotatable bonds is 6. The summed E-state index contributed by atoms with van der Waals surface area (Å²) in [5.74, 6) is -0.654. The lowest BCUT2D eigenvalue weighted by molar-refractivity contribution is 0.102. The molecule has 0 fully saturated rings. The molecule has 7 N–H and O–H groups in total. The van der Waals surface area contributed by atoms with Gasteiger partial charge in [-0.05, 0) is 105 Å². The molecule has 0 radical (unpaired) electrons. The van der Waals surface area contributed by atoms with Crippen molar-refractivity contribution < 1.29 is 24.6 Å².